The number of amides is 1. The molecule has 1 aliphatic heterocycles. The maximum Gasteiger partial charge on any atom is 0.326 e. The molecule has 4 nitrogen and oxygen atoms in total. The third kappa shape index (κ3) is 3.11. The molecule has 1 aromatic heterocycles. The third-order valence-corrected chi connectivity index (χ3v) is 4.69. The molecule has 0 spiro atoms. The first kappa shape index (κ1) is 13.5. The van der Waals surface area contributed by atoms with Crippen LogP contribution in [0, 0.1) is 0 Å². The molecule has 98 valence electrons. The van der Waals surface area contributed by atoms with Crippen molar-refractivity contribution in [3.63, 3.8) is 0 Å². The molecule has 0 bridgehead atoms. The summed E-state index contributed by atoms with van der Waals surface area (Å²) in [6, 6.07) is 3.15. The Morgan fingerprint density at radius 2 is 2.22 bits per heavy atom. The van der Waals surface area contributed by atoms with Crippen molar-refractivity contribution in [2.75, 3.05) is 6.54 Å². The number of nitrogens with zero attached hydrogens (tertiary/aromatic N) is 1. The highest BCUT2D eigenvalue weighted by molar-refractivity contribution is 9.11. The van der Waals surface area contributed by atoms with Gasteiger partial charge in [-0.1, -0.05) is 0 Å². The lowest BCUT2D eigenvalue weighted by Gasteiger charge is -2.32. The van der Waals surface area contributed by atoms with Crippen LogP contribution in [0.4, 0.5) is 0 Å². The Bertz CT molecular complexity index is 460. The summed E-state index contributed by atoms with van der Waals surface area (Å²) in [5.41, 5.74) is 0. The Balaban J connectivity index is 2.04. The van der Waals surface area contributed by atoms with Crippen molar-refractivity contribution in [3.8, 4) is 0 Å². The molecule has 18 heavy (non-hydrogen) atoms. The van der Waals surface area contributed by atoms with Gasteiger partial charge in [0.15, 0.2) is 0 Å². The Morgan fingerprint density at radius 3 is 2.83 bits per heavy atom. The van der Waals surface area contributed by atoms with Gasteiger partial charge in [0.1, 0.15) is 6.04 Å². The fourth-order valence-electron chi connectivity index (χ4n) is 2.18. The van der Waals surface area contributed by atoms with Gasteiger partial charge in [0.25, 0.3) is 0 Å². The minimum Gasteiger partial charge on any atom is -0.480 e. The number of hydrogen-bond acceptors (Lipinski definition) is 3. The molecule has 1 atom stereocenters. The summed E-state index contributed by atoms with van der Waals surface area (Å²) in [7, 11) is 0. The number of rotatable bonds is 3. The van der Waals surface area contributed by atoms with Crippen molar-refractivity contribution in [2.24, 2.45) is 0 Å². The monoisotopic (exact) mass is 331 g/mol. The first-order valence-electron chi connectivity index (χ1n) is 5.84. The Morgan fingerprint density at radius 1 is 1.44 bits per heavy atom. The minimum absolute atomic E-state index is 0.0866. The second-order valence-corrected chi connectivity index (χ2v) is 6.87. The van der Waals surface area contributed by atoms with Crippen molar-refractivity contribution in [1.29, 1.82) is 0 Å². The molecule has 1 aliphatic rings. The maximum absolute atomic E-state index is 12.1. The number of aliphatic carboxylic acids is 1. The molecular formula is C12H14BrNO3S. The van der Waals surface area contributed by atoms with E-state index in [4.69, 9.17) is 5.11 Å². The summed E-state index contributed by atoms with van der Waals surface area (Å²) in [6.07, 6.45) is 2.63. The molecule has 0 saturated carbocycles. The van der Waals surface area contributed by atoms with Gasteiger partial charge in [0.05, 0.1) is 10.2 Å². The van der Waals surface area contributed by atoms with E-state index in [0.29, 0.717) is 19.4 Å². The van der Waals surface area contributed by atoms with Gasteiger partial charge in [0, 0.05) is 11.4 Å². The van der Waals surface area contributed by atoms with Crippen molar-refractivity contribution in [3.05, 3.63) is 20.8 Å². The molecule has 6 heteroatoms. The molecule has 1 aromatic rings. The van der Waals surface area contributed by atoms with Gasteiger partial charge in [-0.15, -0.1) is 11.3 Å². The van der Waals surface area contributed by atoms with E-state index >= 15 is 0 Å². The van der Waals surface area contributed by atoms with E-state index in [-0.39, 0.29) is 5.91 Å². The molecule has 0 aliphatic carbocycles. The van der Waals surface area contributed by atoms with E-state index in [9.17, 15) is 9.59 Å². The minimum atomic E-state index is -0.893. The standard InChI is InChI=1S/C12H14BrNO3S/c13-10-5-4-8(18-10)7-11(15)14-6-2-1-3-9(14)12(16)17/h4-5,9H,1-3,6-7H2,(H,16,17)/t9-/m1/s1. The van der Waals surface area contributed by atoms with E-state index in [2.05, 4.69) is 15.9 Å². The van der Waals surface area contributed by atoms with Gasteiger partial charge < -0.3 is 10.0 Å². The first-order chi connectivity index (χ1) is 8.58. The SMILES string of the molecule is O=C(O)[C@H]1CCCCN1C(=O)Cc1ccc(Br)s1. The number of halogens is 1. The predicted octanol–water partition coefficient (Wildman–Crippen LogP) is 2.52. The average Bonchev–Trinajstić information content (AvgIpc) is 2.74. The largest absolute Gasteiger partial charge is 0.480 e. The van der Waals surface area contributed by atoms with Gasteiger partial charge in [-0.3, -0.25) is 4.79 Å². The summed E-state index contributed by atoms with van der Waals surface area (Å²) in [4.78, 5) is 25.7. The van der Waals surface area contributed by atoms with Crippen LogP contribution in [0.1, 0.15) is 24.1 Å². The second kappa shape index (κ2) is 5.84. The van der Waals surface area contributed by atoms with Crippen LogP contribution in [-0.2, 0) is 16.0 Å². The number of likely N-dealkylation sites (tertiary alicyclic amines) is 1. The average molecular weight is 332 g/mol. The van der Waals surface area contributed by atoms with Crippen LogP contribution in [0.3, 0.4) is 0 Å². The lowest BCUT2D eigenvalue weighted by atomic mass is 10.0. The van der Waals surface area contributed by atoms with E-state index in [1.54, 1.807) is 0 Å². The fraction of sp³-hybridized carbons (Fsp3) is 0.500. The normalized spacial score (nSPS) is 19.8. The first-order valence-corrected chi connectivity index (χ1v) is 7.45. The van der Waals surface area contributed by atoms with E-state index in [1.165, 1.54) is 16.2 Å². The van der Waals surface area contributed by atoms with Gasteiger partial charge in [0.2, 0.25) is 5.91 Å². The molecule has 0 unspecified atom stereocenters. The lowest BCUT2D eigenvalue weighted by Crippen LogP contribution is -2.48. The Labute approximate surface area is 118 Å². The number of hydrogen-bond donors (Lipinski definition) is 1. The summed E-state index contributed by atoms with van der Waals surface area (Å²) in [6.45, 7) is 0.558. The summed E-state index contributed by atoms with van der Waals surface area (Å²) in [5, 5.41) is 9.13. The zero-order valence-corrected chi connectivity index (χ0v) is 12.2. The van der Waals surface area contributed by atoms with Gasteiger partial charge >= 0.3 is 5.97 Å². The van der Waals surface area contributed by atoms with Gasteiger partial charge in [-0.2, -0.15) is 0 Å². The maximum atomic E-state index is 12.1. The summed E-state index contributed by atoms with van der Waals surface area (Å²) in [5.74, 6) is -0.980. The Kier molecular flexibility index (Phi) is 4.40. The number of thiophene rings is 1. The number of carbonyl (C=O) groups is 2. The summed E-state index contributed by atoms with van der Waals surface area (Å²) >= 11 is 4.86. The van der Waals surface area contributed by atoms with Crippen LogP contribution in [-0.4, -0.2) is 34.5 Å². The van der Waals surface area contributed by atoms with Crippen molar-refractivity contribution in [2.45, 2.75) is 31.7 Å². The van der Waals surface area contributed by atoms with Gasteiger partial charge in [-0.05, 0) is 47.3 Å². The fourth-order valence-corrected chi connectivity index (χ4v) is 3.66. The quantitative estimate of drug-likeness (QED) is 0.925. The van der Waals surface area contributed by atoms with Crippen molar-refractivity contribution >= 4 is 39.1 Å². The zero-order valence-electron chi connectivity index (χ0n) is 9.76. The van der Waals surface area contributed by atoms with E-state index in [0.717, 1.165) is 21.5 Å². The highest BCUT2D eigenvalue weighted by Gasteiger charge is 2.31. The number of carboxylic acids is 1. The van der Waals surface area contributed by atoms with Crippen LogP contribution in [0.5, 0.6) is 0 Å². The van der Waals surface area contributed by atoms with Crippen LogP contribution < -0.4 is 0 Å². The number of carboxylic acid groups (broad SMARTS) is 1. The number of piperidine rings is 1. The molecule has 1 saturated heterocycles. The molecule has 2 rings (SSSR count). The van der Waals surface area contributed by atoms with Gasteiger partial charge in [-0.25, -0.2) is 4.79 Å². The van der Waals surface area contributed by atoms with Crippen molar-refractivity contribution < 1.29 is 14.7 Å². The molecule has 0 radical (unpaired) electrons. The molecule has 2 heterocycles. The van der Waals surface area contributed by atoms with E-state index in [1.807, 2.05) is 12.1 Å². The topological polar surface area (TPSA) is 57.6 Å². The Hall–Kier alpha value is -0.880. The molecule has 1 N–H and O–H groups in total. The molecule has 1 fully saturated rings. The van der Waals surface area contributed by atoms with Crippen LogP contribution >= 0.6 is 27.3 Å². The smallest absolute Gasteiger partial charge is 0.326 e. The van der Waals surface area contributed by atoms with Crippen LogP contribution in [0.15, 0.2) is 15.9 Å². The third-order valence-electron chi connectivity index (χ3n) is 3.06. The zero-order chi connectivity index (χ0) is 13.1. The number of carbonyl (C=O) groups excluding carboxylic acids is 1. The second-order valence-electron chi connectivity index (χ2n) is 4.32. The molecule has 0 aromatic carbocycles. The molecular weight excluding hydrogens is 318 g/mol. The lowest BCUT2D eigenvalue weighted by molar-refractivity contribution is -0.151. The highest BCUT2D eigenvalue weighted by atomic mass is 79.9. The van der Waals surface area contributed by atoms with E-state index < -0.39 is 12.0 Å². The van der Waals surface area contributed by atoms with Crippen molar-refractivity contribution in [1.82, 2.24) is 4.90 Å². The predicted molar refractivity (Wildman–Crippen MR) is 72.7 cm³/mol. The van der Waals surface area contributed by atoms with Crippen LogP contribution in [0.2, 0.25) is 0 Å². The summed E-state index contributed by atoms with van der Waals surface area (Å²) < 4.78 is 0.985. The highest BCUT2D eigenvalue weighted by Crippen LogP contribution is 2.24. The molecule has 1 amide bonds. The van der Waals surface area contributed by atoms with Crippen LogP contribution in [0.25, 0.3) is 0 Å².